The number of fused-ring (bicyclic) bond motifs is 5. The first-order valence-corrected chi connectivity index (χ1v) is 48.3. The maximum Gasteiger partial charge on any atom is 0.263 e. The average molecular weight is 1990 g/mol. The first-order chi connectivity index (χ1) is 68.8. The van der Waals surface area contributed by atoms with E-state index in [0.29, 0.717) is 78.0 Å². The standard InChI is InChI=1S/C23H22ClN5O.2C23H21ClN4O.C23H21FN4O.C20H21ClN4O/c1-14-8-7-9-16-12-19(15(2)27-21-18(24)13-26-23(25-3)28-21)29(22(30)20(14)16)17-10-5-4-6-11-17;3*1-14-8-7-9-17-12-20(15(2)26-22-19(24)13-25-16(3)27-22)28(23(29)21(14)17)18-10-5-4-6-11-18;1-11-5-4-6-14-9-17(25(15-7-8-15)20(26)18(11)14)12(2)23-19-16(21)10-22-13(3)24-19/h4-13,15H,1-3H3,(H2,25,26,27,28);3*4-13,15H,1-3H3,(H,25,26,27);4-6,9-10,12,15H,7-8H2,1-3H3,(H,22,23,24)/t4*15-;12-/m00000/s1. The molecule has 0 radical (unpaired) electrons. The summed E-state index contributed by atoms with van der Waals surface area (Å²) in [5.41, 5.74) is 12.0. The van der Waals surface area contributed by atoms with Crippen molar-refractivity contribution in [3.63, 3.8) is 0 Å². The summed E-state index contributed by atoms with van der Waals surface area (Å²) in [5.74, 6) is 4.58. The van der Waals surface area contributed by atoms with Crippen molar-refractivity contribution in [2.24, 2.45) is 0 Å². The van der Waals surface area contributed by atoms with E-state index in [4.69, 9.17) is 46.4 Å². The normalized spacial score (nSPS) is 12.7. The summed E-state index contributed by atoms with van der Waals surface area (Å²) in [4.78, 5) is 109. The molecule has 10 heterocycles. The number of rotatable bonds is 21. The van der Waals surface area contributed by atoms with Crippen LogP contribution in [0.3, 0.4) is 0 Å². The Labute approximate surface area is 845 Å². The molecule has 1 fully saturated rings. The quantitative estimate of drug-likeness (QED) is 0.0389. The topological polar surface area (TPSA) is 311 Å². The largest absolute Gasteiger partial charge is 0.361 e. The molecule has 9 aromatic carbocycles. The Bertz CT molecular complexity index is 7850. The molecular weight excluding hydrogens is 1880 g/mol. The molecule has 0 amide bonds. The summed E-state index contributed by atoms with van der Waals surface area (Å²) >= 11 is 25.1. The lowest BCUT2D eigenvalue weighted by Gasteiger charge is -2.22. The van der Waals surface area contributed by atoms with Gasteiger partial charge < -0.3 is 36.5 Å². The highest BCUT2D eigenvalue weighted by atomic mass is 35.5. The molecule has 724 valence electrons. The van der Waals surface area contributed by atoms with Crippen molar-refractivity contribution in [2.75, 3.05) is 38.9 Å². The summed E-state index contributed by atoms with van der Waals surface area (Å²) < 4.78 is 23.1. The Morgan fingerprint density at radius 2 is 0.531 bits per heavy atom. The van der Waals surface area contributed by atoms with Crippen LogP contribution < -0.4 is 59.7 Å². The second-order valence-corrected chi connectivity index (χ2v) is 36.9. The predicted molar refractivity (Wildman–Crippen MR) is 577 cm³/mol. The Kier molecular flexibility index (Phi) is 30.9. The molecule has 6 N–H and O–H groups in total. The maximum atomic E-state index is 14.2. The van der Waals surface area contributed by atoms with E-state index in [1.54, 1.807) is 57.0 Å². The number of pyridine rings is 5. The summed E-state index contributed by atoms with van der Waals surface area (Å²) in [7, 11) is 1.75. The molecule has 1 saturated carbocycles. The van der Waals surface area contributed by atoms with Gasteiger partial charge >= 0.3 is 0 Å². The molecule has 10 aromatic heterocycles. The number of nitrogens with zero attached hydrogens (tertiary/aromatic N) is 15. The third-order valence-corrected chi connectivity index (χ3v) is 25.9. The number of halogens is 5. The molecule has 0 bridgehead atoms. The summed E-state index contributed by atoms with van der Waals surface area (Å²) in [5, 5.41) is 29.3. The lowest BCUT2D eigenvalue weighted by molar-refractivity contribution is 0.609. The fraction of sp³-hybridized carbons (Fsp3) is 0.205. The van der Waals surface area contributed by atoms with Gasteiger partial charge in [-0.15, -0.1) is 0 Å². The number of nitrogens with one attached hydrogen (secondary N) is 6. The van der Waals surface area contributed by atoms with Crippen LogP contribution in [0.1, 0.15) is 163 Å². The van der Waals surface area contributed by atoms with Crippen LogP contribution in [0.15, 0.2) is 298 Å². The molecule has 5 atom stereocenters. The van der Waals surface area contributed by atoms with Crippen LogP contribution in [0.25, 0.3) is 76.6 Å². The van der Waals surface area contributed by atoms with Crippen LogP contribution in [0.4, 0.5) is 39.4 Å². The third kappa shape index (κ3) is 22.2. The zero-order valence-corrected chi connectivity index (χ0v) is 84.5. The molecule has 0 saturated heterocycles. The number of hydrogen-bond acceptors (Lipinski definition) is 21. The van der Waals surface area contributed by atoms with Crippen molar-refractivity contribution in [2.45, 2.75) is 146 Å². The van der Waals surface area contributed by atoms with Crippen LogP contribution in [-0.2, 0) is 0 Å². The minimum absolute atomic E-state index is 0.0413. The van der Waals surface area contributed by atoms with Crippen molar-refractivity contribution in [1.82, 2.24) is 72.7 Å². The van der Waals surface area contributed by atoms with Gasteiger partial charge in [0.1, 0.15) is 60.8 Å². The highest BCUT2D eigenvalue weighted by Crippen LogP contribution is 2.40. The molecule has 1 aliphatic rings. The lowest BCUT2D eigenvalue weighted by atomic mass is 10.0. The number of para-hydroxylation sites is 4. The van der Waals surface area contributed by atoms with E-state index in [2.05, 4.69) is 99.9 Å². The van der Waals surface area contributed by atoms with Crippen molar-refractivity contribution in [3.8, 4) is 22.7 Å². The second kappa shape index (κ2) is 44.0. The number of anilines is 6. The maximum absolute atomic E-state index is 14.2. The van der Waals surface area contributed by atoms with Gasteiger partial charge in [0.05, 0.1) is 88.1 Å². The van der Waals surface area contributed by atoms with Crippen molar-refractivity contribution >= 4 is 135 Å². The zero-order valence-electron chi connectivity index (χ0n) is 81.5. The van der Waals surface area contributed by atoms with E-state index in [0.717, 1.165) is 147 Å². The fourth-order valence-corrected chi connectivity index (χ4v) is 18.3. The van der Waals surface area contributed by atoms with Gasteiger partial charge in [0, 0.05) is 64.3 Å². The van der Waals surface area contributed by atoms with E-state index in [1.165, 1.54) is 0 Å². The molecule has 19 aromatic rings. The van der Waals surface area contributed by atoms with Gasteiger partial charge in [-0.3, -0.25) is 42.2 Å². The minimum atomic E-state index is -0.535. The molecule has 1 aliphatic carbocycles. The highest BCUT2D eigenvalue weighted by Gasteiger charge is 2.31. The van der Waals surface area contributed by atoms with Gasteiger partial charge in [-0.2, -0.15) is 4.98 Å². The first-order valence-electron chi connectivity index (χ1n) is 46.8. The van der Waals surface area contributed by atoms with Crippen LogP contribution in [0.5, 0.6) is 0 Å². The van der Waals surface area contributed by atoms with Crippen LogP contribution >= 0.6 is 46.4 Å². The summed E-state index contributed by atoms with van der Waals surface area (Å²) in [6.45, 7) is 26.8. The number of aromatic nitrogens is 15. The van der Waals surface area contributed by atoms with E-state index < -0.39 is 5.82 Å². The molecular formula is C112H106Cl4FN21O5. The van der Waals surface area contributed by atoms with Crippen molar-refractivity contribution < 1.29 is 4.39 Å². The smallest absolute Gasteiger partial charge is 0.263 e. The monoisotopic (exact) mass is 1980 g/mol. The highest BCUT2D eigenvalue weighted by molar-refractivity contribution is 6.34. The van der Waals surface area contributed by atoms with Crippen molar-refractivity contribution in [1.29, 1.82) is 0 Å². The van der Waals surface area contributed by atoms with Gasteiger partial charge in [0.25, 0.3) is 27.8 Å². The summed E-state index contributed by atoms with van der Waals surface area (Å²) in [6.07, 6.45) is 9.53. The third-order valence-electron chi connectivity index (χ3n) is 24.8. The van der Waals surface area contributed by atoms with Gasteiger partial charge in [-0.25, -0.2) is 49.2 Å². The minimum Gasteiger partial charge on any atom is -0.361 e. The average Bonchev–Trinajstić information content (AvgIpc) is 1.71. The molecule has 0 unspecified atom stereocenters. The zero-order chi connectivity index (χ0) is 101. The molecule has 0 aliphatic heterocycles. The van der Waals surface area contributed by atoms with E-state index in [-0.39, 0.29) is 69.9 Å². The molecule has 143 heavy (non-hydrogen) atoms. The lowest BCUT2D eigenvalue weighted by Crippen LogP contribution is -2.26. The Balaban J connectivity index is 0.000000128. The van der Waals surface area contributed by atoms with Gasteiger partial charge in [-0.05, 0) is 243 Å². The van der Waals surface area contributed by atoms with Gasteiger partial charge in [0.2, 0.25) is 5.95 Å². The van der Waals surface area contributed by atoms with Crippen molar-refractivity contribution in [3.05, 3.63) is 431 Å². The fourth-order valence-electron chi connectivity index (χ4n) is 17.7. The molecule has 20 rings (SSSR count). The number of benzene rings is 9. The van der Waals surface area contributed by atoms with Crippen LogP contribution in [-0.4, -0.2) is 79.7 Å². The van der Waals surface area contributed by atoms with Gasteiger partial charge in [0.15, 0.2) is 17.5 Å². The Morgan fingerprint density at radius 3 is 0.811 bits per heavy atom. The van der Waals surface area contributed by atoms with E-state index in [1.807, 2.05) is 319 Å². The summed E-state index contributed by atoms with van der Waals surface area (Å²) in [6, 6.07) is 77.2. The Hall–Kier alpha value is -15.7. The van der Waals surface area contributed by atoms with Crippen LogP contribution in [0.2, 0.25) is 20.1 Å². The predicted octanol–water partition coefficient (Wildman–Crippen LogP) is 24.7. The first kappa shape index (κ1) is 100. The molecule has 0 spiro atoms. The SMILES string of the molecule is CNc1ncc(Cl)c(N[C@@H](C)c2cc3cccc(C)c3c(=O)n2-c2ccccc2)n1.Cc1ncc(Cl)c(N[C@@H](C)c2cc3cccc(C)c3c(=O)n2-c2ccccc2)n1.Cc1ncc(Cl)c(N[C@@H](C)c2cc3cccc(C)c3c(=O)n2-c2ccccc2)n1.Cc1ncc(Cl)c(N[C@@H](C)c2cc3cccc(C)c3c(=O)n2C2CC2)n1.Cc1ncc(F)c(N[C@@H](C)c2cc3cccc(C)c3c(=O)n2-c2ccccc2)n1. The number of hydrogen-bond donors (Lipinski definition) is 6. The molecule has 26 nitrogen and oxygen atoms in total. The van der Waals surface area contributed by atoms with Crippen LogP contribution in [0, 0.1) is 68.1 Å². The molecule has 31 heteroatoms. The van der Waals surface area contributed by atoms with E-state index >= 15 is 0 Å². The Morgan fingerprint density at radius 1 is 0.294 bits per heavy atom. The van der Waals surface area contributed by atoms with E-state index in [9.17, 15) is 28.4 Å². The second-order valence-electron chi connectivity index (χ2n) is 35.3. The number of aryl methyl sites for hydroxylation is 9. The van der Waals surface area contributed by atoms with Gasteiger partial charge in [-0.1, -0.05) is 210 Å².